The van der Waals surface area contributed by atoms with Crippen molar-refractivity contribution in [3.8, 4) is 5.75 Å². The van der Waals surface area contributed by atoms with Crippen LogP contribution in [0.3, 0.4) is 0 Å². The monoisotopic (exact) mass is 309 g/mol. The standard InChI is InChI=1S/C14H19ClF3NO/c1-13(2,3)10-7-9(5-4-6-19)8-11(12(10)15)20-14(16,17)18/h7-8H,4-6,19H2,1-3H3. The molecular formula is C14H19ClF3NO. The molecule has 0 atom stereocenters. The fraction of sp³-hybridized carbons (Fsp3) is 0.571. The average Bonchev–Trinajstić information content (AvgIpc) is 2.26. The Hall–Kier alpha value is -0.940. The molecule has 20 heavy (non-hydrogen) atoms. The van der Waals surface area contributed by atoms with Crippen molar-refractivity contribution in [2.24, 2.45) is 5.73 Å². The maximum atomic E-state index is 12.4. The highest BCUT2D eigenvalue weighted by Gasteiger charge is 2.33. The molecule has 6 heteroatoms. The molecule has 0 aliphatic heterocycles. The van der Waals surface area contributed by atoms with Crippen molar-refractivity contribution >= 4 is 11.6 Å². The number of halogens is 4. The van der Waals surface area contributed by atoms with Gasteiger partial charge in [0.25, 0.3) is 0 Å². The maximum Gasteiger partial charge on any atom is 0.573 e. The minimum absolute atomic E-state index is 0.00586. The lowest BCUT2D eigenvalue weighted by molar-refractivity contribution is -0.274. The molecule has 0 heterocycles. The van der Waals surface area contributed by atoms with Gasteiger partial charge in [0.2, 0.25) is 0 Å². The lowest BCUT2D eigenvalue weighted by atomic mass is 9.85. The van der Waals surface area contributed by atoms with E-state index in [1.807, 2.05) is 26.8 Å². The smallest absolute Gasteiger partial charge is 0.404 e. The molecule has 0 aliphatic rings. The van der Waals surface area contributed by atoms with Crippen molar-refractivity contribution in [1.82, 2.24) is 0 Å². The van der Waals surface area contributed by atoms with Crippen molar-refractivity contribution in [3.63, 3.8) is 0 Å². The number of benzene rings is 1. The van der Waals surface area contributed by atoms with E-state index in [1.165, 1.54) is 6.07 Å². The highest BCUT2D eigenvalue weighted by Crippen LogP contribution is 2.39. The summed E-state index contributed by atoms with van der Waals surface area (Å²) in [5.74, 6) is -0.349. The summed E-state index contributed by atoms with van der Waals surface area (Å²) in [6.45, 7) is 6.14. The van der Waals surface area contributed by atoms with Gasteiger partial charge in [-0.3, -0.25) is 0 Å². The zero-order chi connectivity index (χ0) is 15.6. The van der Waals surface area contributed by atoms with Gasteiger partial charge < -0.3 is 10.5 Å². The summed E-state index contributed by atoms with van der Waals surface area (Å²) in [5, 5.41) is 0.00586. The molecule has 0 amide bonds. The summed E-state index contributed by atoms with van der Waals surface area (Å²) in [7, 11) is 0. The molecule has 0 radical (unpaired) electrons. The molecular weight excluding hydrogens is 291 g/mol. The van der Waals surface area contributed by atoms with Crippen LogP contribution in [-0.4, -0.2) is 12.9 Å². The number of hydrogen-bond donors (Lipinski definition) is 1. The van der Waals surface area contributed by atoms with Crippen LogP contribution in [0.15, 0.2) is 12.1 Å². The van der Waals surface area contributed by atoms with Crippen LogP contribution in [-0.2, 0) is 11.8 Å². The fourth-order valence-corrected chi connectivity index (χ4v) is 2.28. The highest BCUT2D eigenvalue weighted by atomic mass is 35.5. The van der Waals surface area contributed by atoms with Crippen LogP contribution in [0.4, 0.5) is 13.2 Å². The second-order valence-corrected chi connectivity index (χ2v) is 6.02. The largest absolute Gasteiger partial charge is 0.573 e. The van der Waals surface area contributed by atoms with E-state index in [1.54, 1.807) is 0 Å². The van der Waals surface area contributed by atoms with Gasteiger partial charge in [-0.1, -0.05) is 38.4 Å². The molecule has 0 bridgehead atoms. The molecule has 0 spiro atoms. The van der Waals surface area contributed by atoms with Crippen molar-refractivity contribution < 1.29 is 17.9 Å². The van der Waals surface area contributed by atoms with E-state index in [9.17, 15) is 13.2 Å². The van der Waals surface area contributed by atoms with E-state index < -0.39 is 6.36 Å². The average molecular weight is 310 g/mol. The molecule has 2 nitrogen and oxygen atoms in total. The molecule has 0 saturated carbocycles. The summed E-state index contributed by atoms with van der Waals surface area (Å²) in [5.41, 5.74) is 6.43. The zero-order valence-electron chi connectivity index (χ0n) is 11.8. The predicted octanol–water partition coefficient (Wildman–Crippen LogP) is 4.43. The van der Waals surface area contributed by atoms with Gasteiger partial charge in [0.15, 0.2) is 0 Å². The number of hydrogen-bond acceptors (Lipinski definition) is 2. The number of alkyl halides is 3. The van der Waals surface area contributed by atoms with E-state index in [2.05, 4.69) is 4.74 Å². The summed E-state index contributed by atoms with van der Waals surface area (Å²) < 4.78 is 41.3. The molecule has 0 saturated heterocycles. The summed E-state index contributed by atoms with van der Waals surface area (Å²) in [6, 6.07) is 3.15. The molecule has 0 unspecified atom stereocenters. The Balaban J connectivity index is 3.27. The number of ether oxygens (including phenoxy) is 1. The third-order valence-electron chi connectivity index (χ3n) is 2.80. The van der Waals surface area contributed by atoms with Crippen LogP contribution >= 0.6 is 11.6 Å². The predicted molar refractivity (Wildman–Crippen MR) is 74.2 cm³/mol. The number of nitrogens with two attached hydrogens (primary N) is 1. The summed E-state index contributed by atoms with van der Waals surface area (Å²) in [4.78, 5) is 0. The summed E-state index contributed by atoms with van der Waals surface area (Å²) in [6.07, 6.45) is -3.48. The Morgan fingerprint density at radius 2 is 1.80 bits per heavy atom. The van der Waals surface area contributed by atoms with Gasteiger partial charge in [-0.15, -0.1) is 13.2 Å². The first-order valence-electron chi connectivity index (χ1n) is 6.33. The molecule has 0 fully saturated rings. The van der Waals surface area contributed by atoms with Crippen LogP contribution in [0.25, 0.3) is 0 Å². The molecule has 2 N–H and O–H groups in total. The first-order chi connectivity index (χ1) is 9.04. The summed E-state index contributed by atoms with van der Waals surface area (Å²) >= 11 is 6.06. The maximum absolute atomic E-state index is 12.4. The van der Waals surface area contributed by atoms with Gasteiger partial charge in [-0.25, -0.2) is 0 Å². The van der Waals surface area contributed by atoms with Crippen LogP contribution in [0.1, 0.15) is 38.3 Å². The van der Waals surface area contributed by atoms with Gasteiger partial charge in [-0.05, 0) is 42.0 Å². The van der Waals surface area contributed by atoms with E-state index >= 15 is 0 Å². The minimum Gasteiger partial charge on any atom is -0.404 e. The van der Waals surface area contributed by atoms with E-state index in [0.29, 0.717) is 24.9 Å². The normalized spacial score (nSPS) is 12.6. The van der Waals surface area contributed by atoms with Crippen molar-refractivity contribution in [1.29, 1.82) is 0 Å². The first kappa shape index (κ1) is 17.1. The van der Waals surface area contributed by atoms with Crippen LogP contribution in [0.5, 0.6) is 5.75 Å². The number of rotatable bonds is 4. The first-order valence-corrected chi connectivity index (χ1v) is 6.71. The molecule has 1 aromatic rings. The lowest BCUT2D eigenvalue weighted by Crippen LogP contribution is -2.19. The third-order valence-corrected chi connectivity index (χ3v) is 3.19. The molecule has 1 rings (SSSR count). The van der Waals surface area contributed by atoms with E-state index in [0.717, 1.165) is 5.56 Å². The van der Waals surface area contributed by atoms with Gasteiger partial charge in [0.1, 0.15) is 5.75 Å². The van der Waals surface area contributed by atoms with Crippen molar-refractivity contribution in [3.05, 3.63) is 28.3 Å². The lowest BCUT2D eigenvalue weighted by Gasteiger charge is -2.24. The van der Waals surface area contributed by atoms with Gasteiger partial charge in [0.05, 0.1) is 5.02 Å². The second kappa shape index (κ2) is 6.22. The van der Waals surface area contributed by atoms with E-state index in [-0.39, 0.29) is 16.2 Å². The highest BCUT2D eigenvalue weighted by molar-refractivity contribution is 6.33. The molecule has 0 aromatic heterocycles. The van der Waals surface area contributed by atoms with Crippen LogP contribution < -0.4 is 10.5 Å². The van der Waals surface area contributed by atoms with Crippen molar-refractivity contribution in [2.45, 2.75) is 45.4 Å². The van der Waals surface area contributed by atoms with Crippen LogP contribution in [0, 0.1) is 0 Å². The Labute approximate surface area is 122 Å². The quantitative estimate of drug-likeness (QED) is 0.893. The molecule has 114 valence electrons. The third kappa shape index (κ3) is 4.87. The van der Waals surface area contributed by atoms with Crippen LogP contribution in [0.2, 0.25) is 5.02 Å². The van der Waals surface area contributed by atoms with Gasteiger partial charge in [0, 0.05) is 0 Å². The SMILES string of the molecule is CC(C)(C)c1cc(CCCN)cc(OC(F)(F)F)c1Cl. The van der Waals surface area contributed by atoms with E-state index in [4.69, 9.17) is 17.3 Å². The topological polar surface area (TPSA) is 35.2 Å². The zero-order valence-corrected chi connectivity index (χ0v) is 12.5. The minimum atomic E-state index is -4.76. The Morgan fingerprint density at radius 3 is 2.25 bits per heavy atom. The number of aryl methyl sites for hydroxylation is 1. The van der Waals surface area contributed by atoms with Gasteiger partial charge in [-0.2, -0.15) is 0 Å². The fourth-order valence-electron chi connectivity index (χ4n) is 1.85. The van der Waals surface area contributed by atoms with Gasteiger partial charge >= 0.3 is 6.36 Å². The Kier molecular flexibility index (Phi) is 5.33. The second-order valence-electron chi connectivity index (χ2n) is 5.65. The Morgan fingerprint density at radius 1 is 1.20 bits per heavy atom. The molecule has 0 aliphatic carbocycles. The van der Waals surface area contributed by atoms with Crippen molar-refractivity contribution in [2.75, 3.05) is 6.54 Å². The Bertz CT molecular complexity index is 467. The molecule has 1 aromatic carbocycles.